The fourth-order valence-corrected chi connectivity index (χ4v) is 3.35. The maximum absolute atomic E-state index is 13.2. The van der Waals surface area contributed by atoms with Crippen LogP contribution < -0.4 is 0 Å². The Morgan fingerprint density at radius 2 is 1.86 bits per heavy atom. The Hall–Kier alpha value is -2.46. The first-order valence-corrected chi connectivity index (χ1v) is 7.25. The van der Waals surface area contributed by atoms with Gasteiger partial charge in [-0.3, -0.25) is 4.79 Å². The molecule has 0 spiro atoms. The summed E-state index contributed by atoms with van der Waals surface area (Å²) in [6, 6.07) is 15.5. The van der Waals surface area contributed by atoms with E-state index in [1.165, 1.54) is 29.5 Å². The molecule has 4 aromatic rings. The topological polar surface area (TPSA) is 30.2 Å². The molecule has 4 rings (SSSR count). The average molecular weight is 296 g/mol. The van der Waals surface area contributed by atoms with Gasteiger partial charge in [-0.25, -0.2) is 4.39 Å². The zero-order chi connectivity index (χ0) is 14.4. The van der Waals surface area contributed by atoms with Crippen molar-refractivity contribution in [1.82, 2.24) is 0 Å². The third-order valence-corrected chi connectivity index (χ3v) is 4.47. The molecule has 2 aromatic carbocycles. The minimum Gasteiger partial charge on any atom is -0.453 e. The van der Waals surface area contributed by atoms with E-state index in [0.717, 1.165) is 10.1 Å². The van der Waals surface area contributed by atoms with Gasteiger partial charge in [0, 0.05) is 10.1 Å². The van der Waals surface area contributed by atoms with Crippen LogP contribution in [0.1, 0.15) is 15.4 Å². The largest absolute Gasteiger partial charge is 0.453 e. The smallest absolute Gasteiger partial charge is 0.238 e. The molecule has 0 aliphatic carbocycles. The van der Waals surface area contributed by atoms with Crippen molar-refractivity contribution >= 4 is 38.2 Å². The van der Waals surface area contributed by atoms with Gasteiger partial charge in [-0.2, -0.15) is 0 Å². The third kappa shape index (κ3) is 2.04. The molecule has 4 heteroatoms. The molecule has 0 aliphatic heterocycles. The van der Waals surface area contributed by atoms with Gasteiger partial charge in [-0.1, -0.05) is 18.2 Å². The minimum atomic E-state index is -0.343. The summed E-state index contributed by atoms with van der Waals surface area (Å²) in [6.45, 7) is 0. The molecule has 2 aromatic heterocycles. The van der Waals surface area contributed by atoms with E-state index in [-0.39, 0.29) is 17.4 Å². The van der Waals surface area contributed by atoms with Crippen LogP contribution in [0, 0.1) is 5.82 Å². The number of hydrogen-bond acceptors (Lipinski definition) is 3. The quantitative estimate of drug-likeness (QED) is 0.486. The molecular formula is C17H9FO2S. The summed E-state index contributed by atoms with van der Waals surface area (Å²) in [5, 5.41) is 1.63. The molecule has 102 valence electrons. The van der Waals surface area contributed by atoms with Gasteiger partial charge in [0.2, 0.25) is 5.78 Å². The Morgan fingerprint density at radius 3 is 2.71 bits per heavy atom. The molecule has 0 fully saturated rings. The molecule has 0 amide bonds. The van der Waals surface area contributed by atoms with Gasteiger partial charge in [0.15, 0.2) is 5.76 Å². The Kier molecular flexibility index (Phi) is 2.65. The number of ketones is 1. The molecule has 0 atom stereocenters. The van der Waals surface area contributed by atoms with Crippen molar-refractivity contribution in [3.63, 3.8) is 0 Å². The molecule has 0 saturated carbocycles. The highest BCUT2D eigenvalue weighted by Crippen LogP contribution is 2.29. The van der Waals surface area contributed by atoms with Crippen molar-refractivity contribution in [2.75, 3.05) is 0 Å². The summed E-state index contributed by atoms with van der Waals surface area (Å²) >= 11 is 1.43. The van der Waals surface area contributed by atoms with Crippen molar-refractivity contribution in [2.24, 2.45) is 0 Å². The highest BCUT2D eigenvalue weighted by Gasteiger charge is 2.17. The first kappa shape index (κ1) is 12.3. The number of carbonyl (C=O) groups is 1. The summed E-state index contributed by atoms with van der Waals surface area (Å²) in [4.78, 5) is 13.1. The lowest BCUT2D eigenvalue weighted by atomic mass is 10.2. The number of carbonyl (C=O) groups excluding carboxylic acids is 1. The number of hydrogen-bond donors (Lipinski definition) is 0. The maximum atomic E-state index is 13.2. The van der Waals surface area contributed by atoms with Gasteiger partial charge < -0.3 is 4.42 Å². The fraction of sp³-hybridized carbons (Fsp3) is 0. The number of benzene rings is 2. The normalized spacial score (nSPS) is 11.3. The molecule has 0 bridgehead atoms. The first-order chi connectivity index (χ1) is 10.2. The summed E-state index contributed by atoms with van der Waals surface area (Å²) in [5.74, 6) is -0.279. The minimum absolute atomic E-state index is 0.173. The van der Waals surface area contributed by atoms with Crippen LogP contribution in [0.15, 0.2) is 59.0 Å². The van der Waals surface area contributed by atoms with Gasteiger partial charge in [-0.05, 0) is 41.8 Å². The molecule has 0 unspecified atom stereocenters. The molecule has 0 aliphatic rings. The second kappa shape index (κ2) is 4.53. The zero-order valence-electron chi connectivity index (χ0n) is 10.8. The van der Waals surface area contributed by atoms with E-state index in [1.54, 1.807) is 6.07 Å². The second-order valence-electron chi connectivity index (χ2n) is 4.77. The van der Waals surface area contributed by atoms with E-state index >= 15 is 0 Å². The number of furan rings is 1. The van der Waals surface area contributed by atoms with Gasteiger partial charge >= 0.3 is 0 Å². The average Bonchev–Trinajstić information content (AvgIpc) is 3.09. The van der Waals surface area contributed by atoms with E-state index in [0.29, 0.717) is 15.8 Å². The third-order valence-electron chi connectivity index (χ3n) is 3.35. The molecule has 2 heterocycles. The Bertz CT molecular complexity index is 948. The lowest BCUT2D eigenvalue weighted by Gasteiger charge is -1.90. The lowest BCUT2D eigenvalue weighted by molar-refractivity contribution is 0.101. The summed E-state index contributed by atoms with van der Waals surface area (Å²) < 4.78 is 19.8. The molecule has 2 nitrogen and oxygen atoms in total. The van der Waals surface area contributed by atoms with Gasteiger partial charge in [0.1, 0.15) is 11.4 Å². The molecule has 0 saturated heterocycles. The van der Waals surface area contributed by atoms with E-state index in [4.69, 9.17) is 4.42 Å². The molecular weight excluding hydrogens is 287 g/mol. The Balaban J connectivity index is 1.81. The van der Waals surface area contributed by atoms with Crippen LogP contribution in [-0.2, 0) is 0 Å². The van der Waals surface area contributed by atoms with E-state index in [2.05, 4.69) is 0 Å². The van der Waals surface area contributed by atoms with Gasteiger partial charge in [0.05, 0.1) is 4.88 Å². The van der Waals surface area contributed by atoms with Crippen LogP contribution in [-0.4, -0.2) is 5.78 Å². The van der Waals surface area contributed by atoms with Crippen LogP contribution in [0.4, 0.5) is 4.39 Å². The Labute approximate surface area is 123 Å². The SMILES string of the molecule is O=C(c1cc2cc(F)ccc2o1)c1cc2ccccc2s1. The zero-order valence-corrected chi connectivity index (χ0v) is 11.6. The second-order valence-corrected chi connectivity index (χ2v) is 5.85. The molecule has 0 radical (unpaired) electrons. The van der Waals surface area contributed by atoms with Crippen molar-refractivity contribution in [3.05, 3.63) is 71.1 Å². The highest BCUT2D eigenvalue weighted by atomic mass is 32.1. The van der Waals surface area contributed by atoms with Crippen LogP contribution in [0.25, 0.3) is 21.1 Å². The van der Waals surface area contributed by atoms with Crippen molar-refractivity contribution in [2.45, 2.75) is 0 Å². The Morgan fingerprint density at radius 1 is 1.00 bits per heavy atom. The van der Waals surface area contributed by atoms with Crippen molar-refractivity contribution in [1.29, 1.82) is 0 Å². The van der Waals surface area contributed by atoms with Gasteiger partial charge in [-0.15, -0.1) is 11.3 Å². The fourth-order valence-electron chi connectivity index (χ4n) is 2.34. The van der Waals surface area contributed by atoms with Gasteiger partial charge in [0.25, 0.3) is 0 Å². The van der Waals surface area contributed by atoms with E-state index in [1.807, 2.05) is 30.3 Å². The van der Waals surface area contributed by atoms with Crippen LogP contribution in [0.2, 0.25) is 0 Å². The van der Waals surface area contributed by atoms with Crippen molar-refractivity contribution < 1.29 is 13.6 Å². The molecule has 21 heavy (non-hydrogen) atoms. The lowest BCUT2D eigenvalue weighted by Crippen LogP contribution is -1.95. The highest BCUT2D eigenvalue weighted by molar-refractivity contribution is 7.21. The van der Waals surface area contributed by atoms with E-state index < -0.39 is 0 Å². The summed E-state index contributed by atoms with van der Waals surface area (Å²) in [6.07, 6.45) is 0. The number of thiophene rings is 1. The van der Waals surface area contributed by atoms with E-state index in [9.17, 15) is 9.18 Å². The maximum Gasteiger partial charge on any atom is 0.238 e. The number of rotatable bonds is 2. The number of halogens is 1. The molecule has 0 N–H and O–H groups in total. The van der Waals surface area contributed by atoms with Crippen LogP contribution >= 0.6 is 11.3 Å². The predicted octanol–water partition coefficient (Wildman–Crippen LogP) is 5.02. The van der Waals surface area contributed by atoms with Crippen LogP contribution in [0.5, 0.6) is 0 Å². The van der Waals surface area contributed by atoms with Crippen molar-refractivity contribution in [3.8, 4) is 0 Å². The van der Waals surface area contributed by atoms with Crippen LogP contribution in [0.3, 0.4) is 0 Å². The summed E-state index contributed by atoms with van der Waals surface area (Å²) in [5.41, 5.74) is 0.515. The number of fused-ring (bicyclic) bond motifs is 2. The first-order valence-electron chi connectivity index (χ1n) is 6.43. The standard InChI is InChI=1S/C17H9FO2S/c18-12-5-6-13-11(7-12)8-14(20-13)17(19)16-9-10-3-1-2-4-15(10)21-16/h1-9H. The monoisotopic (exact) mass is 296 g/mol. The predicted molar refractivity (Wildman–Crippen MR) is 81.4 cm³/mol. The summed E-state index contributed by atoms with van der Waals surface area (Å²) in [7, 11) is 0.